The van der Waals surface area contributed by atoms with Crippen LogP contribution in [0.2, 0.25) is 5.02 Å². The van der Waals surface area contributed by atoms with E-state index in [4.69, 9.17) is 16.3 Å². The molecule has 0 amide bonds. The quantitative estimate of drug-likeness (QED) is 0.548. The number of hydrogen-bond donors (Lipinski definition) is 0. The number of rotatable bonds is 6. The standard InChI is InChI=1S/C16H21ClO2/c17-15-11-14(12-18)8-9-16(15)19-10-4-7-13-5-2-1-3-6-13/h8-9,11-13H,1-7,10H2. The maximum Gasteiger partial charge on any atom is 0.150 e. The molecule has 3 heteroatoms. The number of carbonyl (C=O) groups excluding carboxylic acids is 1. The normalized spacial score (nSPS) is 16.3. The van der Waals surface area contributed by atoms with Crippen LogP contribution >= 0.6 is 11.6 Å². The van der Waals surface area contributed by atoms with Gasteiger partial charge in [0.25, 0.3) is 0 Å². The zero-order valence-electron chi connectivity index (χ0n) is 11.2. The summed E-state index contributed by atoms with van der Waals surface area (Å²) in [6.45, 7) is 0.705. The molecule has 1 aliphatic carbocycles. The Kier molecular flexibility index (Phi) is 5.71. The van der Waals surface area contributed by atoms with Crippen molar-refractivity contribution < 1.29 is 9.53 Å². The molecule has 0 saturated heterocycles. The van der Waals surface area contributed by atoms with Crippen molar-refractivity contribution in [1.29, 1.82) is 0 Å². The molecule has 19 heavy (non-hydrogen) atoms. The molecule has 0 aliphatic heterocycles. The number of benzene rings is 1. The van der Waals surface area contributed by atoms with Gasteiger partial charge in [0.05, 0.1) is 11.6 Å². The molecule has 0 unspecified atom stereocenters. The monoisotopic (exact) mass is 280 g/mol. The summed E-state index contributed by atoms with van der Waals surface area (Å²) in [5, 5.41) is 0.516. The molecule has 0 bridgehead atoms. The second kappa shape index (κ2) is 7.54. The first-order chi connectivity index (χ1) is 9.29. The van der Waals surface area contributed by atoms with Crippen LogP contribution in [0.3, 0.4) is 0 Å². The highest BCUT2D eigenvalue weighted by Crippen LogP contribution is 2.28. The summed E-state index contributed by atoms with van der Waals surface area (Å²) in [7, 11) is 0. The highest BCUT2D eigenvalue weighted by atomic mass is 35.5. The molecule has 0 heterocycles. The number of ether oxygens (including phenoxy) is 1. The lowest BCUT2D eigenvalue weighted by molar-refractivity contribution is 0.112. The fourth-order valence-corrected chi connectivity index (χ4v) is 2.98. The van der Waals surface area contributed by atoms with Gasteiger partial charge in [-0.05, 0) is 37.0 Å². The van der Waals surface area contributed by atoms with Crippen molar-refractivity contribution in [3.63, 3.8) is 0 Å². The molecular weight excluding hydrogens is 260 g/mol. The number of halogens is 1. The molecule has 0 aromatic heterocycles. The Morgan fingerprint density at radius 2 is 2.05 bits per heavy atom. The number of aldehydes is 1. The van der Waals surface area contributed by atoms with Crippen molar-refractivity contribution in [3.8, 4) is 5.75 Å². The third-order valence-corrected chi connectivity index (χ3v) is 4.13. The summed E-state index contributed by atoms with van der Waals surface area (Å²) in [5.41, 5.74) is 0.583. The predicted molar refractivity (Wildman–Crippen MR) is 78.1 cm³/mol. The maximum atomic E-state index is 10.6. The molecule has 2 nitrogen and oxygen atoms in total. The van der Waals surface area contributed by atoms with Crippen LogP contribution in [-0.4, -0.2) is 12.9 Å². The first-order valence-corrected chi connectivity index (χ1v) is 7.55. The second-order valence-corrected chi connectivity index (χ2v) is 5.71. The highest BCUT2D eigenvalue weighted by Gasteiger charge is 2.12. The van der Waals surface area contributed by atoms with Crippen LogP contribution in [-0.2, 0) is 0 Å². The van der Waals surface area contributed by atoms with E-state index in [1.54, 1.807) is 18.2 Å². The van der Waals surface area contributed by atoms with Crippen molar-refractivity contribution in [2.24, 2.45) is 5.92 Å². The Morgan fingerprint density at radius 3 is 2.74 bits per heavy atom. The lowest BCUT2D eigenvalue weighted by Gasteiger charge is -2.21. The van der Waals surface area contributed by atoms with E-state index in [1.807, 2.05) is 0 Å². The Balaban J connectivity index is 1.71. The van der Waals surface area contributed by atoms with Crippen LogP contribution in [0.4, 0.5) is 0 Å². The topological polar surface area (TPSA) is 26.3 Å². The van der Waals surface area contributed by atoms with Gasteiger partial charge >= 0.3 is 0 Å². The van der Waals surface area contributed by atoms with E-state index in [0.717, 1.165) is 18.6 Å². The smallest absolute Gasteiger partial charge is 0.150 e. The molecule has 2 rings (SSSR count). The number of hydrogen-bond acceptors (Lipinski definition) is 2. The minimum absolute atomic E-state index is 0.516. The van der Waals surface area contributed by atoms with E-state index in [0.29, 0.717) is 22.9 Å². The summed E-state index contributed by atoms with van der Waals surface area (Å²) in [6.07, 6.45) is 10.1. The lowest BCUT2D eigenvalue weighted by Crippen LogP contribution is -2.08. The van der Waals surface area contributed by atoms with Crippen LogP contribution in [0.15, 0.2) is 18.2 Å². The van der Waals surface area contributed by atoms with Crippen LogP contribution in [0, 0.1) is 5.92 Å². The Labute approximate surface area is 120 Å². The van der Waals surface area contributed by atoms with Crippen LogP contribution in [0.5, 0.6) is 5.75 Å². The van der Waals surface area contributed by atoms with Gasteiger partial charge < -0.3 is 4.74 Å². The summed E-state index contributed by atoms with van der Waals surface area (Å²) in [6, 6.07) is 5.15. The van der Waals surface area contributed by atoms with Crippen LogP contribution in [0.1, 0.15) is 55.3 Å². The van der Waals surface area contributed by atoms with Crippen molar-refractivity contribution in [1.82, 2.24) is 0 Å². The largest absolute Gasteiger partial charge is 0.492 e. The fraction of sp³-hybridized carbons (Fsp3) is 0.562. The van der Waals surface area contributed by atoms with Gasteiger partial charge in [0.2, 0.25) is 0 Å². The van der Waals surface area contributed by atoms with E-state index in [1.165, 1.54) is 38.5 Å². The molecule has 0 radical (unpaired) electrons. The van der Waals surface area contributed by atoms with E-state index in [2.05, 4.69) is 0 Å². The lowest BCUT2D eigenvalue weighted by atomic mass is 9.86. The average Bonchev–Trinajstić information content (AvgIpc) is 2.46. The maximum absolute atomic E-state index is 10.6. The van der Waals surface area contributed by atoms with Gasteiger partial charge in [0.15, 0.2) is 0 Å². The summed E-state index contributed by atoms with van der Waals surface area (Å²) in [4.78, 5) is 10.6. The van der Waals surface area contributed by atoms with Gasteiger partial charge in [-0.25, -0.2) is 0 Å². The molecule has 1 fully saturated rings. The van der Waals surface area contributed by atoms with Gasteiger partial charge in [-0.1, -0.05) is 43.7 Å². The second-order valence-electron chi connectivity index (χ2n) is 5.30. The minimum atomic E-state index is 0.516. The summed E-state index contributed by atoms with van der Waals surface area (Å²) in [5.74, 6) is 1.57. The van der Waals surface area contributed by atoms with Crippen molar-refractivity contribution in [2.45, 2.75) is 44.9 Å². The number of carbonyl (C=O) groups is 1. The van der Waals surface area contributed by atoms with Gasteiger partial charge in [0, 0.05) is 5.56 Å². The zero-order valence-corrected chi connectivity index (χ0v) is 12.0. The predicted octanol–water partition coefficient (Wildman–Crippen LogP) is 4.89. The summed E-state index contributed by atoms with van der Waals surface area (Å²) >= 11 is 6.05. The third kappa shape index (κ3) is 4.54. The van der Waals surface area contributed by atoms with Gasteiger partial charge in [0.1, 0.15) is 12.0 Å². The summed E-state index contributed by atoms with van der Waals surface area (Å²) < 4.78 is 5.68. The Morgan fingerprint density at radius 1 is 1.26 bits per heavy atom. The molecule has 1 aromatic carbocycles. The first-order valence-electron chi connectivity index (χ1n) is 7.17. The van der Waals surface area contributed by atoms with Crippen LogP contribution < -0.4 is 4.74 Å². The molecular formula is C16H21ClO2. The molecule has 0 spiro atoms. The fourth-order valence-electron chi connectivity index (χ4n) is 2.74. The zero-order chi connectivity index (χ0) is 13.5. The van der Waals surface area contributed by atoms with Crippen molar-refractivity contribution in [2.75, 3.05) is 6.61 Å². The van der Waals surface area contributed by atoms with Gasteiger partial charge in [-0.2, -0.15) is 0 Å². The Hall–Kier alpha value is -1.02. The SMILES string of the molecule is O=Cc1ccc(OCCCC2CCCCC2)c(Cl)c1. The van der Waals surface area contributed by atoms with Gasteiger partial charge in [-0.3, -0.25) is 4.79 Å². The van der Waals surface area contributed by atoms with Crippen molar-refractivity contribution in [3.05, 3.63) is 28.8 Å². The minimum Gasteiger partial charge on any atom is -0.492 e. The van der Waals surface area contributed by atoms with E-state index in [-0.39, 0.29) is 0 Å². The molecule has 104 valence electrons. The molecule has 0 atom stereocenters. The van der Waals surface area contributed by atoms with Crippen LogP contribution in [0.25, 0.3) is 0 Å². The Bertz CT molecular complexity index is 411. The van der Waals surface area contributed by atoms with E-state index >= 15 is 0 Å². The van der Waals surface area contributed by atoms with E-state index < -0.39 is 0 Å². The highest BCUT2D eigenvalue weighted by molar-refractivity contribution is 6.32. The molecule has 1 aliphatic rings. The molecule has 0 N–H and O–H groups in total. The van der Waals surface area contributed by atoms with E-state index in [9.17, 15) is 4.79 Å². The molecule has 1 saturated carbocycles. The molecule has 1 aromatic rings. The average molecular weight is 281 g/mol. The third-order valence-electron chi connectivity index (χ3n) is 3.83. The van der Waals surface area contributed by atoms with Crippen molar-refractivity contribution >= 4 is 17.9 Å². The first kappa shape index (κ1) is 14.4. The van der Waals surface area contributed by atoms with Gasteiger partial charge in [-0.15, -0.1) is 0 Å².